The Balaban J connectivity index is 1.08. The van der Waals surface area contributed by atoms with Crippen LogP contribution in [0.15, 0.2) is 102 Å². The first-order chi connectivity index (χ1) is 62.1. The number of aromatic hydroxyl groups is 1. The minimum absolute atomic E-state index is 0.0299. The second kappa shape index (κ2) is 53.5. The fourth-order valence-corrected chi connectivity index (χ4v) is 14.5. The lowest BCUT2D eigenvalue weighted by Crippen LogP contribution is -2.61. The number of imidazole rings is 1. The summed E-state index contributed by atoms with van der Waals surface area (Å²) in [5.74, 6) is -19.4. The van der Waals surface area contributed by atoms with E-state index in [4.69, 9.17) is 28.7 Å². The Kier molecular flexibility index (Phi) is 43.4. The third-order valence-corrected chi connectivity index (χ3v) is 21.6. The number of guanidine groups is 1. The van der Waals surface area contributed by atoms with Gasteiger partial charge in [0.25, 0.3) is 0 Å². The highest BCUT2D eigenvalue weighted by Gasteiger charge is 2.42. The maximum atomic E-state index is 14.9. The number of phenols is 1. The lowest BCUT2D eigenvalue weighted by Gasteiger charge is -2.31. The highest BCUT2D eigenvalue weighted by atomic mass is 32.1. The van der Waals surface area contributed by atoms with Crippen LogP contribution in [0.2, 0.25) is 0 Å². The molecule has 6 rings (SSSR count). The van der Waals surface area contributed by atoms with Crippen molar-refractivity contribution in [2.45, 2.75) is 208 Å². The molecule has 2 fully saturated rings. The van der Waals surface area contributed by atoms with Crippen molar-refractivity contribution in [2.24, 2.45) is 39.6 Å². The number of primary amides is 2. The summed E-state index contributed by atoms with van der Waals surface area (Å²) in [7, 11) is 0. The van der Waals surface area contributed by atoms with Crippen molar-refractivity contribution >= 4 is 144 Å². The fourth-order valence-electron chi connectivity index (χ4n) is 14.0. The largest absolute Gasteiger partial charge is 0.508 e. The Hall–Kier alpha value is -13.5. The van der Waals surface area contributed by atoms with Crippen LogP contribution in [0.4, 0.5) is 0 Å². The van der Waals surface area contributed by atoms with E-state index in [1.807, 2.05) is 0 Å². The van der Waals surface area contributed by atoms with Gasteiger partial charge in [0.2, 0.25) is 106 Å². The molecule has 0 radical (unpaired) electrons. The topological polar surface area (TPSA) is 731 Å². The highest BCUT2D eigenvalue weighted by molar-refractivity contribution is 7.80. The van der Waals surface area contributed by atoms with Gasteiger partial charge >= 0.3 is 5.97 Å². The number of aliphatic carboxylic acids is 1. The summed E-state index contributed by atoms with van der Waals surface area (Å²) in [5.41, 5.74) is 29.4. The van der Waals surface area contributed by atoms with E-state index in [1.54, 1.807) is 74.5 Å². The standard InChI is InChI=1S/C83H118N24O22S2/c1-43(2)30-53(74(120)102-58(33-48-21-23-50(109)24-22-48)81(127)107-29-12-19-61(107)79(125)104-59(40-130)77(123)101-57(35-64(86)111)71(117)93-39-67(114)106-28-13-20-62(106)82(128)129)96-65(112)37-91-69(115)44(3)95-73(119)54(31-46-14-7-5-8-15-46)100-76(122)56(34-49-36-89-42-94-49)97-66(113)38-92-80(126)68(45(4)108)105-78(124)60(41-131)103-75(121)55(32-47-16-9-6-10-17-47)99-72(118)52(18-11-27-90-83(87)88)98-70(116)51(84)25-26-63(85)110/h5-10,14-17,21-24,36,42-45,51-62,68,108-109,130-131H,11-13,18-20,25-35,37-41,84H2,1-4H3,(H2,85,110)(H2,86,111)(H,89,94)(H,91,115)(H,92,126)(H,93,117)(H,95,119)(H,96,112)(H,97,113)(H,98,116)(H,99,118)(H,100,122)(H,101,123)(H,102,120)(H,103,121)(H,104,125)(H,105,124)(H,128,129)(H4,87,88,90)/t44-,45-,51+,52+,53+,54+,55+,56+,57+,58+,59+,60+,61+,62+,68+/m1/s1. The van der Waals surface area contributed by atoms with Gasteiger partial charge in [-0.05, 0) is 100.0 Å². The van der Waals surface area contributed by atoms with E-state index in [2.05, 4.69) is 115 Å². The molecule has 3 aromatic carbocycles. The number of phenolic OH excluding ortho intramolecular Hbond substituents is 1. The molecule has 48 heteroatoms. The van der Waals surface area contributed by atoms with Crippen LogP contribution < -0.4 is 103 Å². The summed E-state index contributed by atoms with van der Waals surface area (Å²) in [6.07, 6.45) is -0.172. The van der Waals surface area contributed by atoms with Crippen molar-refractivity contribution < 1.29 is 106 Å². The number of aromatic nitrogens is 2. The van der Waals surface area contributed by atoms with Gasteiger partial charge < -0.3 is 133 Å². The van der Waals surface area contributed by atoms with Gasteiger partial charge in [0.1, 0.15) is 84.3 Å². The molecule has 4 aromatic rings. The van der Waals surface area contributed by atoms with Gasteiger partial charge in [0.05, 0.1) is 44.5 Å². The van der Waals surface area contributed by atoms with Crippen LogP contribution in [0.5, 0.6) is 5.75 Å². The number of carboxylic acids is 1. The van der Waals surface area contributed by atoms with Gasteiger partial charge in [0, 0.05) is 75.1 Å². The molecule has 0 saturated carbocycles. The van der Waals surface area contributed by atoms with Crippen LogP contribution in [-0.2, 0) is 117 Å². The SMILES string of the molecule is CC(C)C[C@H](NC(=O)CNC(=O)[C@@H](C)NC(=O)[C@H](Cc1ccccc1)NC(=O)[C@H](Cc1cnc[nH]1)NC(=O)CNC(=O)[C@@H](NC(=O)[C@H](CS)NC(=O)[C@H](Cc1ccccc1)NC(=O)[C@H](CCCN=C(N)N)NC(=O)[C@@H](N)CCC(N)=O)[C@@H](C)O)C(=O)N[C@@H](Cc1ccc(O)cc1)C(=O)N1CCC[C@H]1C(=O)N[C@@H](CS)C(=O)N[C@@H](CC(N)=O)C(=O)NCC(=O)N1CCC[C@H]1C(=O)O. The molecule has 0 aliphatic carbocycles. The van der Waals surface area contributed by atoms with Crippen molar-refractivity contribution in [1.82, 2.24) is 94.2 Å². The number of carbonyl (C=O) groups is 19. The van der Waals surface area contributed by atoms with Crippen LogP contribution in [0.25, 0.3) is 0 Å². The Morgan fingerprint density at radius 2 is 0.969 bits per heavy atom. The van der Waals surface area contributed by atoms with Crippen LogP contribution in [-0.4, -0.2) is 295 Å². The van der Waals surface area contributed by atoms with Crippen molar-refractivity contribution in [1.29, 1.82) is 0 Å². The van der Waals surface area contributed by atoms with Crippen molar-refractivity contribution in [2.75, 3.05) is 50.8 Å². The van der Waals surface area contributed by atoms with Gasteiger partial charge in [-0.25, -0.2) is 9.78 Å². The van der Waals surface area contributed by atoms with Gasteiger partial charge in [-0.2, -0.15) is 25.3 Å². The van der Waals surface area contributed by atoms with E-state index in [9.17, 15) is 106 Å². The molecule has 2 saturated heterocycles. The number of carboxylic acid groups (broad SMARTS) is 1. The maximum absolute atomic E-state index is 14.9. The number of benzene rings is 3. The Morgan fingerprint density at radius 3 is 1.51 bits per heavy atom. The molecule has 0 spiro atoms. The van der Waals surface area contributed by atoms with Gasteiger partial charge in [-0.15, -0.1) is 0 Å². The van der Waals surface area contributed by atoms with E-state index in [1.165, 1.54) is 48.6 Å². The zero-order valence-corrected chi connectivity index (χ0v) is 74.5. The molecular formula is C83H118N24O22S2. The van der Waals surface area contributed by atoms with Gasteiger partial charge in [-0.1, -0.05) is 86.6 Å². The number of likely N-dealkylation sites (tertiary alicyclic amines) is 2. The van der Waals surface area contributed by atoms with E-state index in [0.717, 1.165) is 11.8 Å². The minimum atomic E-state index is -1.82. The number of carbonyl (C=O) groups excluding carboxylic acids is 18. The van der Waals surface area contributed by atoms with E-state index in [0.29, 0.717) is 28.8 Å². The number of thiol groups is 2. The summed E-state index contributed by atoms with van der Waals surface area (Å²) < 4.78 is 0. The second-order valence-corrected chi connectivity index (χ2v) is 32.5. The van der Waals surface area contributed by atoms with Crippen LogP contribution >= 0.6 is 25.3 Å². The molecule has 1 aromatic heterocycles. The molecule has 714 valence electrons. The van der Waals surface area contributed by atoms with Crippen LogP contribution in [0.3, 0.4) is 0 Å². The zero-order valence-electron chi connectivity index (χ0n) is 72.7. The summed E-state index contributed by atoms with van der Waals surface area (Å²) in [6.45, 7) is 3.62. The molecule has 46 nitrogen and oxygen atoms in total. The predicted molar refractivity (Wildman–Crippen MR) is 476 cm³/mol. The normalized spacial score (nSPS) is 16.3. The van der Waals surface area contributed by atoms with E-state index < -0.39 is 235 Å². The molecule has 3 heterocycles. The molecule has 15 atom stereocenters. The smallest absolute Gasteiger partial charge is 0.326 e. The monoisotopic (exact) mass is 1870 g/mol. The third kappa shape index (κ3) is 35.8. The fraction of sp³-hybridized carbons (Fsp3) is 0.506. The highest BCUT2D eigenvalue weighted by Crippen LogP contribution is 2.23. The summed E-state index contributed by atoms with van der Waals surface area (Å²) in [6, 6.07) is 1.89. The summed E-state index contributed by atoms with van der Waals surface area (Å²) in [4.78, 5) is 272. The number of amides is 18. The summed E-state index contributed by atoms with van der Waals surface area (Å²) >= 11 is 8.49. The van der Waals surface area contributed by atoms with Gasteiger partial charge in [-0.3, -0.25) is 91.3 Å². The molecule has 28 N–H and O–H groups in total. The lowest BCUT2D eigenvalue weighted by molar-refractivity contribution is -0.148. The summed E-state index contributed by atoms with van der Waals surface area (Å²) in [5, 5.41) is 65.4. The molecule has 0 bridgehead atoms. The molecule has 2 aliphatic heterocycles. The van der Waals surface area contributed by atoms with Gasteiger partial charge in [0.15, 0.2) is 5.96 Å². The number of aromatic amines is 1. The molecule has 131 heavy (non-hydrogen) atoms. The number of nitrogens with one attached hydrogen (secondary N) is 15. The number of nitrogens with two attached hydrogens (primary N) is 5. The first-order valence-corrected chi connectivity index (χ1v) is 43.5. The number of aliphatic hydroxyl groups excluding tert-OH is 1. The quantitative estimate of drug-likeness (QED) is 0.00845. The Bertz CT molecular complexity index is 4670. The maximum Gasteiger partial charge on any atom is 0.326 e. The first kappa shape index (κ1) is 106. The van der Waals surface area contributed by atoms with Crippen molar-refractivity contribution in [3.63, 3.8) is 0 Å². The van der Waals surface area contributed by atoms with E-state index >= 15 is 0 Å². The molecule has 18 amide bonds. The van der Waals surface area contributed by atoms with E-state index in [-0.39, 0.29) is 120 Å². The number of H-pyrrole nitrogens is 1. The zero-order chi connectivity index (χ0) is 96.7. The first-order valence-electron chi connectivity index (χ1n) is 42.2. The average molecular weight is 1870 g/mol. The number of nitrogens with zero attached hydrogens (tertiary/aromatic N) is 4. The molecular weight excluding hydrogens is 1750 g/mol. The second-order valence-electron chi connectivity index (χ2n) is 31.8. The van der Waals surface area contributed by atoms with Crippen LogP contribution in [0.1, 0.15) is 114 Å². The van der Waals surface area contributed by atoms with Crippen molar-refractivity contribution in [3.05, 3.63) is 120 Å². The number of hydrogen-bond donors (Lipinski definition) is 25. The number of aliphatic hydroxyl groups is 1. The van der Waals surface area contributed by atoms with Crippen LogP contribution in [0, 0.1) is 5.92 Å². The number of hydrogen-bond acceptors (Lipinski definition) is 26. The van der Waals surface area contributed by atoms with Crippen molar-refractivity contribution in [3.8, 4) is 5.75 Å². The lowest BCUT2D eigenvalue weighted by atomic mass is 10.0. The average Bonchev–Trinajstić information content (AvgIpc) is 1.68. The molecule has 0 unspecified atom stereocenters. The Labute approximate surface area is 764 Å². The third-order valence-electron chi connectivity index (χ3n) is 20.9. The predicted octanol–water partition coefficient (Wildman–Crippen LogP) is -8.04. The minimum Gasteiger partial charge on any atom is -0.508 e. The molecule has 2 aliphatic rings. The Morgan fingerprint density at radius 1 is 0.496 bits per heavy atom. The number of aliphatic imine (C=N–C) groups is 1. The number of rotatable bonds is 53.